The summed E-state index contributed by atoms with van der Waals surface area (Å²) in [7, 11) is 3.44. The summed E-state index contributed by atoms with van der Waals surface area (Å²) in [4.78, 5) is 31.6. The maximum atomic E-state index is 14.4. The van der Waals surface area contributed by atoms with Crippen LogP contribution < -0.4 is 85.1 Å². The van der Waals surface area contributed by atoms with E-state index in [4.69, 9.17) is 9.72 Å². The quantitative estimate of drug-likeness (QED) is 0.180. The van der Waals surface area contributed by atoms with Crippen LogP contribution in [0.25, 0.3) is 22.5 Å². The number of aromatic nitrogens is 5. The summed E-state index contributed by atoms with van der Waals surface area (Å²) < 4.78 is 22.9. The van der Waals surface area contributed by atoms with Gasteiger partial charge in [-0.15, -0.1) is 10.2 Å². The molecule has 6 rings (SSSR count). The molecule has 2 aliphatic carbocycles. The van der Waals surface area contributed by atoms with Crippen LogP contribution in [0.15, 0.2) is 53.7 Å². The van der Waals surface area contributed by atoms with Crippen molar-refractivity contribution in [2.24, 2.45) is 7.05 Å². The van der Waals surface area contributed by atoms with E-state index in [0.29, 0.717) is 36.9 Å². The number of nitrogens with one attached hydrogen (secondary N) is 2. The summed E-state index contributed by atoms with van der Waals surface area (Å²) in [5.74, 6) is 0.246. The van der Waals surface area contributed by atoms with Crippen molar-refractivity contribution >= 4 is 11.7 Å². The van der Waals surface area contributed by atoms with Crippen molar-refractivity contribution in [2.75, 3.05) is 25.6 Å². The molecule has 0 aliphatic heterocycles. The standard InChI is InChI=1S/C30H32FN7O3.CH3.Cs/c1-37-17-33-36-28(37)24-14-21(31)5-8-23(24)20-12-26(19-3-4-19)34-27(13-20)35-29(39)25-11-18(15-32-9-10-41-2)16-38(30(25)40)22-6-7-22;;/h5,8,11-14,16-17,19,22,32H,3-4,6-7,9-10,15H2,1-2H3,(H,34,35,39);1H3;/q;-1;+1. The van der Waals surface area contributed by atoms with Crippen LogP contribution in [0.5, 0.6) is 0 Å². The second-order valence-corrected chi connectivity index (χ2v) is 10.7. The molecule has 220 valence electrons. The molecule has 0 radical (unpaired) electrons. The molecule has 3 heterocycles. The number of hydrogen-bond donors (Lipinski definition) is 2. The molecule has 2 N–H and O–H groups in total. The fourth-order valence-corrected chi connectivity index (χ4v) is 4.97. The largest absolute Gasteiger partial charge is 1.00 e. The number of carbonyl (C=O) groups is 1. The summed E-state index contributed by atoms with van der Waals surface area (Å²) in [6.07, 6.45) is 7.25. The van der Waals surface area contributed by atoms with Crippen LogP contribution in [0, 0.1) is 13.2 Å². The molecule has 2 fully saturated rings. The van der Waals surface area contributed by atoms with Gasteiger partial charge in [-0.1, -0.05) is 6.07 Å². The van der Waals surface area contributed by atoms with Gasteiger partial charge in [-0.2, -0.15) is 0 Å². The summed E-state index contributed by atoms with van der Waals surface area (Å²) in [5.41, 5.74) is 3.53. The number of methoxy groups -OCH3 is 1. The minimum atomic E-state index is -0.512. The van der Waals surface area contributed by atoms with E-state index in [0.717, 1.165) is 48.1 Å². The molecule has 1 aromatic carbocycles. The van der Waals surface area contributed by atoms with Gasteiger partial charge in [-0.05, 0) is 72.7 Å². The normalized spacial score (nSPS) is 14.1. The van der Waals surface area contributed by atoms with Crippen molar-refractivity contribution in [3.8, 4) is 22.5 Å². The van der Waals surface area contributed by atoms with Gasteiger partial charge < -0.3 is 31.9 Å². The number of ether oxygens (including phenoxy) is 1. The van der Waals surface area contributed by atoms with Crippen molar-refractivity contribution in [2.45, 2.75) is 44.2 Å². The average molecular weight is 706 g/mol. The molecule has 0 unspecified atom stereocenters. The Labute approximate surface area is 309 Å². The Hall–Kier alpha value is -2.17. The van der Waals surface area contributed by atoms with Crippen LogP contribution in [0.2, 0.25) is 0 Å². The van der Waals surface area contributed by atoms with Crippen LogP contribution in [0.4, 0.5) is 10.2 Å². The Morgan fingerprint density at radius 1 is 1.12 bits per heavy atom. The molecule has 43 heavy (non-hydrogen) atoms. The van der Waals surface area contributed by atoms with Crippen molar-refractivity contribution in [1.82, 2.24) is 29.6 Å². The van der Waals surface area contributed by atoms with Gasteiger partial charge >= 0.3 is 68.9 Å². The molecule has 0 bridgehead atoms. The summed E-state index contributed by atoms with van der Waals surface area (Å²) in [5, 5.41) is 14.3. The van der Waals surface area contributed by atoms with Crippen LogP contribution in [0.1, 0.15) is 59.3 Å². The Bertz CT molecular complexity index is 1660. The topological polar surface area (TPSA) is 116 Å². The van der Waals surface area contributed by atoms with E-state index in [9.17, 15) is 14.0 Å². The Morgan fingerprint density at radius 2 is 1.91 bits per heavy atom. The fraction of sp³-hybridized carbons (Fsp3) is 0.355. The summed E-state index contributed by atoms with van der Waals surface area (Å²) in [6.45, 7) is 1.72. The number of pyridine rings is 2. The number of aryl methyl sites for hydroxylation is 1. The van der Waals surface area contributed by atoms with Crippen LogP contribution >= 0.6 is 0 Å². The van der Waals surface area contributed by atoms with E-state index < -0.39 is 5.91 Å². The Kier molecular flexibility index (Phi) is 11.6. The minimum Gasteiger partial charge on any atom is -0.383 e. The maximum absolute atomic E-state index is 14.4. The van der Waals surface area contributed by atoms with Gasteiger partial charge in [0.25, 0.3) is 11.5 Å². The van der Waals surface area contributed by atoms with Gasteiger partial charge in [-0.3, -0.25) is 9.59 Å². The Morgan fingerprint density at radius 3 is 2.58 bits per heavy atom. The van der Waals surface area contributed by atoms with Crippen molar-refractivity contribution in [1.29, 1.82) is 0 Å². The van der Waals surface area contributed by atoms with Gasteiger partial charge in [-0.25, -0.2) is 9.37 Å². The predicted octanol–water partition coefficient (Wildman–Crippen LogP) is 1.50. The number of carbonyl (C=O) groups excluding carboxylic acids is 1. The minimum absolute atomic E-state index is 0. The molecular weight excluding hydrogens is 670 g/mol. The van der Waals surface area contributed by atoms with Gasteiger partial charge in [0.05, 0.1) is 6.61 Å². The molecule has 2 aliphatic rings. The first-order chi connectivity index (χ1) is 19.9. The second-order valence-electron chi connectivity index (χ2n) is 10.7. The number of rotatable bonds is 11. The zero-order valence-electron chi connectivity index (χ0n) is 25.1. The molecule has 0 saturated heterocycles. The summed E-state index contributed by atoms with van der Waals surface area (Å²) in [6, 6.07) is 10.0. The molecule has 4 aromatic rings. The van der Waals surface area contributed by atoms with Gasteiger partial charge in [0.1, 0.15) is 23.5 Å². The maximum Gasteiger partial charge on any atom is 1.00 e. The number of hydrogen-bond acceptors (Lipinski definition) is 7. The second kappa shape index (κ2) is 14.7. The predicted molar refractivity (Wildman–Crippen MR) is 159 cm³/mol. The number of halogens is 1. The van der Waals surface area contributed by atoms with E-state index in [2.05, 4.69) is 20.8 Å². The van der Waals surface area contributed by atoms with Crippen LogP contribution in [-0.2, 0) is 18.3 Å². The van der Waals surface area contributed by atoms with Crippen LogP contribution in [0.3, 0.4) is 0 Å². The van der Waals surface area contributed by atoms with E-state index in [1.54, 1.807) is 47.8 Å². The molecule has 12 heteroatoms. The number of anilines is 1. The number of benzene rings is 1. The molecule has 1 amide bonds. The molecule has 0 atom stereocenters. The molecule has 10 nitrogen and oxygen atoms in total. The first-order valence-electron chi connectivity index (χ1n) is 13.8. The number of nitrogens with zero attached hydrogens (tertiary/aromatic N) is 5. The van der Waals surface area contributed by atoms with Crippen molar-refractivity contribution in [3.05, 3.63) is 89.3 Å². The third-order valence-electron chi connectivity index (χ3n) is 7.42. The third kappa shape index (κ3) is 7.92. The SMILES string of the molecule is COCCNCc1cc(C(=O)Nc2cc(-c3ccc(F)cc3-c3nncn3C)cc(C3CC3)n2)c(=O)n(C2CC2)c1.[CH3-].[Cs+]. The van der Waals surface area contributed by atoms with Gasteiger partial charge in [0.15, 0.2) is 5.82 Å². The summed E-state index contributed by atoms with van der Waals surface area (Å²) >= 11 is 0. The fourth-order valence-electron chi connectivity index (χ4n) is 4.97. The van der Waals surface area contributed by atoms with E-state index in [1.807, 2.05) is 12.3 Å². The van der Waals surface area contributed by atoms with Crippen molar-refractivity contribution < 1.29 is 82.8 Å². The first kappa shape index (κ1) is 33.7. The molecule has 0 spiro atoms. The molecular formula is C31H35CsFN7O3. The zero-order valence-corrected chi connectivity index (χ0v) is 31.3. The number of amides is 1. The average Bonchev–Trinajstić information content (AvgIpc) is 3.89. The van der Waals surface area contributed by atoms with Gasteiger partial charge in [0.2, 0.25) is 0 Å². The van der Waals surface area contributed by atoms with E-state index in [1.165, 1.54) is 12.1 Å². The molecule has 2 saturated carbocycles. The Balaban J connectivity index is 0.00000212. The van der Waals surface area contributed by atoms with E-state index >= 15 is 0 Å². The van der Waals surface area contributed by atoms with Crippen LogP contribution in [-0.4, -0.2) is 50.5 Å². The molecule has 3 aromatic heterocycles. The zero-order chi connectivity index (χ0) is 28.5. The van der Waals surface area contributed by atoms with Crippen molar-refractivity contribution in [3.63, 3.8) is 0 Å². The monoisotopic (exact) mass is 705 g/mol. The smallest absolute Gasteiger partial charge is 0.383 e. The third-order valence-corrected chi connectivity index (χ3v) is 7.42. The first-order valence-corrected chi connectivity index (χ1v) is 13.8. The van der Waals surface area contributed by atoms with E-state index in [-0.39, 0.29) is 105 Å². The van der Waals surface area contributed by atoms with Gasteiger partial charge in [0, 0.05) is 56.7 Å².